The number of nitrogens with one attached hydrogen (secondary N) is 1. The van der Waals surface area contributed by atoms with E-state index in [4.69, 9.17) is 0 Å². The lowest BCUT2D eigenvalue weighted by Gasteiger charge is -2.32. The fourth-order valence-corrected chi connectivity index (χ4v) is 3.92. The van der Waals surface area contributed by atoms with E-state index in [0.717, 1.165) is 32.7 Å². The van der Waals surface area contributed by atoms with Gasteiger partial charge in [0.2, 0.25) is 5.91 Å². The number of rotatable bonds is 4. The third-order valence-corrected chi connectivity index (χ3v) is 5.75. The van der Waals surface area contributed by atoms with E-state index in [1.807, 2.05) is 11.0 Å². The average molecular weight is 342 g/mol. The molecule has 1 aliphatic heterocycles. The summed E-state index contributed by atoms with van der Waals surface area (Å²) in [6.45, 7) is 9.03. The molecule has 3 rings (SSSR count). The molecule has 1 amide bonds. The number of carbonyl (C=O) groups is 1. The Morgan fingerprint density at radius 2 is 1.92 bits per heavy atom. The van der Waals surface area contributed by atoms with Gasteiger partial charge in [-0.25, -0.2) is 0 Å². The molecule has 2 aromatic rings. The lowest BCUT2D eigenvalue weighted by atomic mass is 10.1. The van der Waals surface area contributed by atoms with Gasteiger partial charge in [0, 0.05) is 16.5 Å². The maximum Gasteiger partial charge on any atom is 0.247 e. The molecule has 1 aliphatic rings. The quantitative estimate of drug-likeness (QED) is 0.848. The summed E-state index contributed by atoms with van der Waals surface area (Å²) in [6, 6.07) is 10.7. The number of benzene rings is 1. The van der Waals surface area contributed by atoms with Crippen molar-refractivity contribution in [3.63, 3.8) is 0 Å². The van der Waals surface area contributed by atoms with E-state index in [2.05, 4.69) is 49.6 Å². The number of hydrogen-bond acceptors (Lipinski definition) is 2. The number of piperazine rings is 1. The first-order chi connectivity index (χ1) is 11.6. The van der Waals surface area contributed by atoms with Crippen LogP contribution in [0.5, 0.6) is 0 Å². The molecule has 1 aromatic carbocycles. The molecular formula is C20H25N2OS+. The van der Waals surface area contributed by atoms with Crippen molar-refractivity contribution >= 4 is 23.3 Å². The highest BCUT2D eigenvalue weighted by Gasteiger charge is 2.22. The number of carbonyl (C=O) groups excluding carboxylic acids is 1. The van der Waals surface area contributed by atoms with Crippen LogP contribution in [0.4, 0.5) is 0 Å². The summed E-state index contributed by atoms with van der Waals surface area (Å²) in [5.41, 5.74) is 4.01. The second kappa shape index (κ2) is 7.77. The zero-order chi connectivity index (χ0) is 16.9. The highest BCUT2D eigenvalue weighted by atomic mass is 32.1. The predicted molar refractivity (Wildman–Crippen MR) is 100 cm³/mol. The Bertz CT molecular complexity index is 727. The second-order valence-electron chi connectivity index (χ2n) is 6.48. The molecule has 0 unspecified atom stereocenters. The Morgan fingerprint density at radius 1 is 1.17 bits per heavy atom. The monoisotopic (exact) mass is 341 g/mol. The van der Waals surface area contributed by atoms with Gasteiger partial charge >= 0.3 is 0 Å². The molecule has 0 aliphatic carbocycles. The Balaban J connectivity index is 1.51. The Labute approximate surface area is 148 Å². The van der Waals surface area contributed by atoms with Crippen molar-refractivity contribution in [1.29, 1.82) is 0 Å². The van der Waals surface area contributed by atoms with E-state index in [1.165, 1.54) is 21.6 Å². The maximum absolute atomic E-state index is 12.4. The molecule has 0 saturated carbocycles. The first-order valence-corrected chi connectivity index (χ1v) is 9.40. The minimum Gasteiger partial charge on any atom is -0.328 e. The maximum atomic E-state index is 12.4. The van der Waals surface area contributed by atoms with Crippen molar-refractivity contribution in [2.75, 3.05) is 26.2 Å². The SMILES string of the molecule is Cc1ccccc1C[NH+]1CCN(C(=O)/C=C/c2sccc2C)CC1. The summed E-state index contributed by atoms with van der Waals surface area (Å²) in [6.07, 6.45) is 3.68. The van der Waals surface area contributed by atoms with Gasteiger partial charge in [-0.15, -0.1) is 11.3 Å². The van der Waals surface area contributed by atoms with E-state index in [1.54, 1.807) is 22.3 Å². The number of nitrogens with zero attached hydrogens (tertiary/aromatic N) is 1. The van der Waals surface area contributed by atoms with E-state index in [9.17, 15) is 4.79 Å². The standard InChI is InChI=1S/C20H24N2OS/c1-16-5-3-4-6-18(16)15-21-10-12-22(13-11-21)20(23)8-7-19-17(2)9-14-24-19/h3-9,14H,10-13,15H2,1-2H3/p+1/b8-7+. The lowest BCUT2D eigenvalue weighted by Crippen LogP contribution is -3.13. The summed E-state index contributed by atoms with van der Waals surface area (Å²) >= 11 is 1.68. The normalized spacial score (nSPS) is 16.0. The lowest BCUT2D eigenvalue weighted by molar-refractivity contribution is -0.917. The molecule has 1 aromatic heterocycles. The molecule has 0 radical (unpaired) electrons. The van der Waals surface area contributed by atoms with Crippen molar-refractivity contribution in [2.24, 2.45) is 0 Å². The summed E-state index contributed by atoms with van der Waals surface area (Å²) in [5, 5.41) is 2.06. The van der Waals surface area contributed by atoms with Crippen molar-refractivity contribution < 1.29 is 9.69 Å². The first-order valence-electron chi connectivity index (χ1n) is 8.52. The number of hydrogen-bond donors (Lipinski definition) is 1. The van der Waals surface area contributed by atoms with Gasteiger partial charge in [0.05, 0.1) is 26.2 Å². The van der Waals surface area contributed by atoms with Gasteiger partial charge in [-0.05, 0) is 42.5 Å². The third-order valence-electron chi connectivity index (χ3n) is 4.76. The van der Waals surface area contributed by atoms with E-state index in [0.29, 0.717) is 0 Å². The van der Waals surface area contributed by atoms with E-state index in [-0.39, 0.29) is 5.91 Å². The van der Waals surface area contributed by atoms with Gasteiger partial charge in [0.15, 0.2) is 0 Å². The summed E-state index contributed by atoms with van der Waals surface area (Å²) in [4.78, 5) is 17.1. The molecule has 0 spiro atoms. The first kappa shape index (κ1) is 16.9. The number of quaternary nitrogens is 1. The van der Waals surface area contributed by atoms with Crippen LogP contribution in [0.1, 0.15) is 21.6 Å². The number of amides is 1. The van der Waals surface area contributed by atoms with Crippen molar-refractivity contribution in [3.05, 3.63) is 63.4 Å². The highest BCUT2D eigenvalue weighted by Crippen LogP contribution is 2.17. The van der Waals surface area contributed by atoms with Crippen molar-refractivity contribution in [2.45, 2.75) is 20.4 Å². The fourth-order valence-electron chi connectivity index (χ4n) is 3.11. The Kier molecular flexibility index (Phi) is 5.48. The fraction of sp³-hybridized carbons (Fsp3) is 0.350. The van der Waals surface area contributed by atoms with Crippen LogP contribution in [-0.4, -0.2) is 37.0 Å². The zero-order valence-electron chi connectivity index (χ0n) is 14.4. The summed E-state index contributed by atoms with van der Waals surface area (Å²) < 4.78 is 0. The largest absolute Gasteiger partial charge is 0.328 e. The molecule has 1 saturated heterocycles. The highest BCUT2D eigenvalue weighted by molar-refractivity contribution is 7.11. The van der Waals surface area contributed by atoms with Crippen LogP contribution in [0.3, 0.4) is 0 Å². The van der Waals surface area contributed by atoms with Gasteiger partial charge in [-0.1, -0.05) is 24.3 Å². The van der Waals surface area contributed by atoms with Crippen LogP contribution in [0.2, 0.25) is 0 Å². The molecular weight excluding hydrogens is 316 g/mol. The number of thiophene rings is 1. The topological polar surface area (TPSA) is 24.8 Å². The molecule has 2 heterocycles. The van der Waals surface area contributed by atoms with Crippen LogP contribution < -0.4 is 4.90 Å². The molecule has 126 valence electrons. The van der Waals surface area contributed by atoms with Crippen LogP contribution in [0.25, 0.3) is 6.08 Å². The molecule has 3 nitrogen and oxygen atoms in total. The Morgan fingerprint density at radius 3 is 2.58 bits per heavy atom. The van der Waals surface area contributed by atoms with Gasteiger partial charge in [-0.2, -0.15) is 0 Å². The molecule has 4 heteroatoms. The van der Waals surface area contributed by atoms with Gasteiger partial charge in [-0.3, -0.25) is 4.79 Å². The van der Waals surface area contributed by atoms with Crippen molar-refractivity contribution in [1.82, 2.24) is 4.90 Å². The van der Waals surface area contributed by atoms with E-state index < -0.39 is 0 Å². The summed E-state index contributed by atoms with van der Waals surface area (Å²) in [7, 11) is 0. The minimum atomic E-state index is 0.137. The summed E-state index contributed by atoms with van der Waals surface area (Å²) in [5.74, 6) is 0.137. The van der Waals surface area contributed by atoms with Crippen LogP contribution in [0.15, 0.2) is 41.8 Å². The van der Waals surface area contributed by atoms with Crippen LogP contribution >= 0.6 is 11.3 Å². The molecule has 1 fully saturated rings. The van der Waals surface area contributed by atoms with Crippen LogP contribution in [0, 0.1) is 13.8 Å². The molecule has 0 bridgehead atoms. The number of aryl methyl sites for hydroxylation is 2. The molecule has 24 heavy (non-hydrogen) atoms. The minimum absolute atomic E-state index is 0.137. The predicted octanol–water partition coefficient (Wildman–Crippen LogP) is 2.31. The second-order valence-corrected chi connectivity index (χ2v) is 7.43. The average Bonchev–Trinajstić information content (AvgIpc) is 3.00. The molecule has 0 atom stereocenters. The molecule has 1 N–H and O–H groups in total. The van der Waals surface area contributed by atoms with Gasteiger partial charge in [0.25, 0.3) is 0 Å². The third kappa shape index (κ3) is 4.13. The van der Waals surface area contributed by atoms with Crippen LogP contribution in [-0.2, 0) is 11.3 Å². The van der Waals surface area contributed by atoms with E-state index >= 15 is 0 Å². The Hall–Kier alpha value is -1.91. The van der Waals surface area contributed by atoms with Crippen molar-refractivity contribution in [3.8, 4) is 0 Å². The smallest absolute Gasteiger partial charge is 0.247 e. The van der Waals surface area contributed by atoms with Gasteiger partial charge < -0.3 is 9.80 Å². The van der Waals surface area contributed by atoms with Gasteiger partial charge in [0.1, 0.15) is 6.54 Å². The zero-order valence-corrected chi connectivity index (χ0v) is 15.2.